The van der Waals surface area contributed by atoms with Gasteiger partial charge in [-0.3, -0.25) is 9.59 Å². The molecule has 0 saturated carbocycles. The summed E-state index contributed by atoms with van der Waals surface area (Å²) in [6.45, 7) is 4.73. The number of H-pyrrole nitrogens is 1. The number of carbonyl (C=O) groups excluding carboxylic acids is 2. The number of aromatic nitrogens is 1. The van der Waals surface area contributed by atoms with Crippen LogP contribution in [0.5, 0.6) is 11.5 Å². The lowest BCUT2D eigenvalue weighted by Crippen LogP contribution is -2.39. The molecule has 8 nitrogen and oxygen atoms in total. The second-order valence-corrected chi connectivity index (χ2v) is 11.3. The van der Waals surface area contributed by atoms with E-state index >= 15 is 0 Å². The van der Waals surface area contributed by atoms with Gasteiger partial charge >= 0.3 is 5.97 Å². The second kappa shape index (κ2) is 11.5. The van der Waals surface area contributed by atoms with Crippen molar-refractivity contribution in [1.82, 2.24) is 9.88 Å². The number of carbonyl (C=O) groups is 2. The van der Waals surface area contributed by atoms with Crippen molar-refractivity contribution in [3.05, 3.63) is 95.2 Å². The first kappa shape index (κ1) is 27.1. The van der Waals surface area contributed by atoms with E-state index in [4.69, 9.17) is 14.2 Å². The SMILES string of the molecule is CCOC(=O)C1CCN(c2ccc(/C=C/C(=O)N3CCc4c([nH]c5ccccc45)C3c3ccc4c(c3)OCO4)cc2)CC1. The first-order valence-corrected chi connectivity index (χ1v) is 15.1. The van der Waals surface area contributed by atoms with Crippen molar-refractivity contribution >= 4 is 34.5 Å². The maximum Gasteiger partial charge on any atom is 0.309 e. The first-order chi connectivity index (χ1) is 21.1. The summed E-state index contributed by atoms with van der Waals surface area (Å²) < 4.78 is 16.4. The molecule has 4 aromatic rings. The Balaban J connectivity index is 1.09. The fourth-order valence-electron chi connectivity index (χ4n) is 6.60. The highest BCUT2D eigenvalue weighted by Crippen LogP contribution is 2.42. The van der Waals surface area contributed by atoms with Crippen molar-refractivity contribution in [1.29, 1.82) is 0 Å². The topological polar surface area (TPSA) is 84.1 Å². The van der Waals surface area contributed by atoms with E-state index in [0.717, 1.165) is 66.1 Å². The van der Waals surface area contributed by atoms with Crippen molar-refractivity contribution in [3.8, 4) is 11.5 Å². The molecule has 0 aliphatic carbocycles. The number of nitrogens with one attached hydrogen (secondary N) is 1. The lowest BCUT2D eigenvalue weighted by molar-refractivity contribution is -0.148. The Morgan fingerprint density at radius 1 is 0.977 bits per heavy atom. The van der Waals surface area contributed by atoms with E-state index in [-0.39, 0.29) is 30.6 Å². The predicted molar refractivity (Wildman–Crippen MR) is 165 cm³/mol. The van der Waals surface area contributed by atoms with Crippen LogP contribution in [0.1, 0.15) is 48.2 Å². The number of esters is 1. The molecule has 3 aromatic carbocycles. The monoisotopic (exact) mass is 577 g/mol. The number of hydrogen-bond donors (Lipinski definition) is 1. The minimum Gasteiger partial charge on any atom is -0.466 e. The normalized spacial score (nSPS) is 18.3. The lowest BCUT2D eigenvalue weighted by atomic mass is 9.92. The molecular weight excluding hydrogens is 542 g/mol. The van der Waals surface area contributed by atoms with Gasteiger partial charge in [0.15, 0.2) is 11.5 Å². The molecule has 1 saturated heterocycles. The summed E-state index contributed by atoms with van der Waals surface area (Å²) in [7, 11) is 0. The Morgan fingerprint density at radius 2 is 1.77 bits per heavy atom. The van der Waals surface area contributed by atoms with Crippen molar-refractivity contribution in [2.45, 2.75) is 32.2 Å². The Labute approximate surface area is 250 Å². The molecule has 4 heterocycles. The van der Waals surface area contributed by atoms with Crippen molar-refractivity contribution in [3.63, 3.8) is 0 Å². The molecule has 220 valence electrons. The number of aromatic amines is 1. The molecule has 1 unspecified atom stereocenters. The molecule has 3 aliphatic heterocycles. The molecule has 0 radical (unpaired) electrons. The van der Waals surface area contributed by atoms with E-state index in [0.29, 0.717) is 18.9 Å². The Hall–Kier alpha value is -4.72. The lowest BCUT2D eigenvalue weighted by Gasteiger charge is -2.35. The molecule has 1 atom stereocenters. The number of piperidine rings is 1. The minimum absolute atomic E-state index is 0.0128. The van der Waals surface area contributed by atoms with Crippen LogP contribution in [0, 0.1) is 5.92 Å². The van der Waals surface area contributed by atoms with Crippen LogP contribution < -0.4 is 14.4 Å². The molecule has 8 heteroatoms. The van der Waals surface area contributed by atoms with Gasteiger partial charge in [0.25, 0.3) is 0 Å². The quantitative estimate of drug-likeness (QED) is 0.228. The van der Waals surface area contributed by atoms with E-state index in [2.05, 4.69) is 40.2 Å². The summed E-state index contributed by atoms with van der Waals surface area (Å²) in [6, 6.07) is 22.2. The summed E-state index contributed by atoms with van der Waals surface area (Å²) in [5, 5.41) is 1.20. The summed E-state index contributed by atoms with van der Waals surface area (Å²) in [6.07, 6.45) is 5.94. The van der Waals surface area contributed by atoms with Crippen LogP contribution in [-0.2, 0) is 20.7 Å². The highest BCUT2D eigenvalue weighted by molar-refractivity contribution is 5.93. The highest BCUT2D eigenvalue weighted by atomic mass is 16.7. The number of benzene rings is 3. The van der Waals surface area contributed by atoms with Gasteiger partial charge in [-0.05, 0) is 79.3 Å². The third kappa shape index (κ3) is 5.22. The first-order valence-electron chi connectivity index (χ1n) is 15.1. The molecule has 1 fully saturated rings. The van der Waals surface area contributed by atoms with Crippen LogP contribution in [0.25, 0.3) is 17.0 Å². The van der Waals surface area contributed by atoms with Gasteiger partial charge in [0.2, 0.25) is 12.7 Å². The maximum atomic E-state index is 13.8. The van der Waals surface area contributed by atoms with Crippen LogP contribution in [-0.4, -0.2) is 54.8 Å². The zero-order valence-corrected chi connectivity index (χ0v) is 24.3. The summed E-state index contributed by atoms with van der Waals surface area (Å²) >= 11 is 0. The van der Waals surface area contributed by atoms with Crippen LogP contribution in [0.3, 0.4) is 0 Å². The van der Waals surface area contributed by atoms with Gasteiger partial charge in [-0.2, -0.15) is 0 Å². The second-order valence-electron chi connectivity index (χ2n) is 11.3. The standard InChI is InChI=1S/C35H35N3O5/c1-2-41-35(40)24-15-18-37(19-16-24)26-11-7-23(8-12-26)9-14-32(39)38-20-17-28-27-5-3-4-6-29(27)36-33(28)34(38)25-10-13-30-31(21-25)43-22-42-30/h3-14,21,24,34,36H,2,15-20,22H2,1H3/b14-9+. The van der Waals surface area contributed by atoms with Gasteiger partial charge in [0.05, 0.1) is 18.6 Å². The molecule has 0 bridgehead atoms. The van der Waals surface area contributed by atoms with E-state index < -0.39 is 0 Å². The Bertz CT molecular complexity index is 1680. The van der Waals surface area contributed by atoms with E-state index in [1.807, 2.05) is 54.3 Å². The van der Waals surface area contributed by atoms with Crippen LogP contribution in [0.15, 0.2) is 72.8 Å². The summed E-state index contributed by atoms with van der Waals surface area (Å²) in [5.41, 5.74) is 6.44. The smallest absolute Gasteiger partial charge is 0.309 e. The fraction of sp³-hybridized carbons (Fsp3) is 0.314. The molecule has 1 aromatic heterocycles. The van der Waals surface area contributed by atoms with Crippen molar-refractivity contribution in [2.75, 3.05) is 37.9 Å². The van der Waals surface area contributed by atoms with Crippen molar-refractivity contribution in [2.24, 2.45) is 5.92 Å². The average Bonchev–Trinajstić information content (AvgIpc) is 3.68. The molecular formula is C35H35N3O5. The fourth-order valence-corrected chi connectivity index (χ4v) is 6.60. The molecule has 7 rings (SSSR count). The largest absolute Gasteiger partial charge is 0.466 e. The van der Waals surface area contributed by atoms with E-state index in [1.54, 1.807) is 6.08 Å². The highest BCUT2D eigenvalue weighted by Gasteiger charge is 2.34. The number of anilines is 1. The molecule has 43 heavy (non-hydrogen) atoms. The Kier molecular flexibility index (Phi) is 7.27. The van der Waals surface area contributed by atoms with E-state index in [9.17, 15) is 9.59 Å². The van der Waals surface area contributed by atoms with Crippen LogP contribution >= 0.6 is 0 Å². The van der Waals surface area contributed by atoms with Gasteiger partial charge in [0, 0.05) is 48.0 Å². The number of hydrogen-bond acceptors (Lipinski definition) is 6. The maximum absolute atomic E-state index is 13.8. The Morgan fingerprint density at radius 3 is 2.58 bits per heavy atom. The number of rotatable bonds is 6. The minimum atomic E-state index is -0.275. The van der Waals surface area contributed by atoms with Gasteiger partial charge in [-0.15, -0.1) is 0 Å². The number of nitrogens with zero attached hydrogens (tertiary/aromatic N) is 2. The number of ether oxygens (including phenoxy) is 3. The zero-order chi connectivity index (χ0) is 29.3. The predicted octanol–water partition coefficient (Wildman–Crippen LogP) is 5.86. The number of fused-ring (bicyclic) bond motifs is 4. The summed E-state index contributed by atoms with van der Waals surface area (Å²) in [4.78, 5) is 33.7. The average molecular weight is 578 g/mol. The number of para-hydroxylation sites is 1. The van der Waals surface area contributed by atoms with Gasteiger partial charge < -0.3 is 29.0 Å². The summed E-state index contributed by atoms with van der Waals surface area (Å²) in [5.74, 6) is 1.29. The van der Waals surface area contributed by atoms with Gasteiger partial charge in [-0.25, -0.2) is 0 Å². The molecule has 1 N–H and O–H groups in total. The van der Waals surface area contributed by atoms with Crippen molar-refractivity contribution < 1.29 is 23.8 Å². The molecule has 1 amide bonds. The third-order valence-electron chi connectivity index (χ3n) is 8.82. The van der Waals surface area contributed by atoms with Crippen LogP contribution in [0.4, 0.5) is 5.69 Å². The van der Waals surface area contributed by atoms with E-state index in [1.165, 1.54) is 10.9 Å². The number of amides is 1. The zero-order valence-electron chi connectivity index (χ0n) is 24.3. The molecule has 0 spiro atoms. The third-order valence-corrected chi connectivity index (χ3v) is 8.82. The van der Waals surface area contributed by atoms with Crippen LogP contribution in [0.2, 0.25) is 0 Å². The molecule has 3 aliphatic rings. The van der Waals surface area contributed by atoms with Gasteiger partial charge in [-0.1, -0.05) is 36.4 Å². The van der Waals surface area contributed by atoms with Gasteiger partial charge in [0.1, 0.15) is 0 Å².